The third kappa shape index (κ3) is 2.44. The highest BCUT2D eigenvalue weighted by Crippen LogP contribution is 2.32. The SMILES string of the molecule is Cc1cc(-c2ccccc2)ncc1C1C=CC=CC1C. The van der Waals surface area contributed by atoms with E-state index in [1.807, 2.05) is 12.3 Å². The summed E-state index contributed by atoms with van der Waals surface area (Å²) in [4.78, 5) is 4.66. The second-order valence-corrected chi connectivity index (χ2v) is 5.45. The summed E-state index contributed by atoms with van der Waals surface area (Å²) < 4.78 is 0. The molecule has 0 bridgehead atoms. The van der Waals surface area contributed by atoms with E-state index in [9.17, 15) is 0 Å². The van der Waals surface area contributed by atoms with Crippen molar-refractivity contribution in [2.45, 2.75) is 19.8 Å². The van der Waals surface area contributed by atoms with Gasteiger partial charge in [0.25, 0.3) is 0 Å². The molecule has 0 aliphatic heterocycles. The van der Waals surface area contributed by atoms with Gasteiger partial charge in [-0.25, -0.2) is 0 Å². The fraction of sp³-hybridized carbons (Fsp3) is 0.211. The molecule has 1 heteroatoms. The second-order valence-electron chi connectivity index (χ2n) is 5.45. The summed E-state index contributed by atoms with van der Waals surface area (Å²) in [6.45, 7) is 4.44. The number of hydrogen-bond donors (Lipinski definition) is 0. The van der Waals surface area contributed by atoms with E-state index in [0.717, 1.165) is 5.69 Å². The van der Waals surface area contributed by atoms with Gasteiger partial charge >= 0.3 is 0 Å². The number of hydrogen-bond acceptors (Lipinski definition) is 1. The van der Waals surface area contributed by atoms with Crippen molar-refractivity contribution in [3.8, 4) is 11.3 Å². The van der Waals surface area contributed by atoms with E-state index in [0.29, 0.717) is 11.8 Å². The molecular weight excluding hydrogens is 242 g/mol. The Labute approximate surface area is 120 Å². The average molecular weight is 261 g/mol. The summed E-state index contributed by atoms with van der Waals surface area (Å²) in [5.41, 5.74) is 4.87. The maximum atomic E-state index is 4.66. The van der Waals surface area contributed by atoms with Gasteiger partial charge in [-0.15, -0.1) is 0 Å². The predicted molar refractivity (Wildman–Crippen MR) is 84.6 cm³/mol. The molecular formula is C19H19N. The quantitative estimate of drug-likeness (QED) is 0.749. The standard InChI is InChI=1S/C19H19N/c1-14-8-6-7-11-17(14)18-13-20-19(12-15(18)2)16-9-4-3-5-10-16/h3-14,17H,1-2H3. The number of nitrogens with zero attached hydrogens (tertiary/aromatic N) is 1. The number of aryl methyl sites for hydroxylation is 1. The summed E-state index contributed by atoms with van der Waals surface area (Å²) in [7, 11) is 0. The van der Waals surface area contributed by atoms with Gasteiger partial charge in [-0.05, 0) is 30.0 Å². The molecule has 0 spiro atoms. The lowest BCUT2D eigenvalue weighted by Gasteiger charge is -2.22. The molecule has 1 aliphatic rings. The molecule has 3 rings (SSSR count). The van der Waals surface area contributed by atoms with Crippen LogP contribution in [-0.4, -0.2) is 4.98 Å². The van der Waals surface area contributed by atoms with Gasteiger partial charge in [0.2, 0.25) is 0 Å². The van der Waals surface area contributed by atoms with Crippen LogP contribution < -0.4 is 0 Å². The lowest BCUT2D eigenvalue weighted by Crippen LogP contribution is -2.09. The van der Waals surface area contributed by atoms with Crippen LogP contribution >= 0.6 is 0 Å². The van der Waals surface area contributed by atoms with Crippen molar-refractivity contribution in [2.24, 2.45) is 5.92 Å². The Morgan fingerprint density at radius 3 is 2.45 bits per heavy atom. The van der Waals surface area contributed by atoms with E-state index >= 15 is 0 Å². The number of benzene rings is 1. The van der Waals surface area contributed by atoms with E-state index < -0.39 is 0 Å². The normalized spacial score (nSPS) is 21.1. The Morgan fingerprint density at radius 2 is 1.75 bits per heavy atom. The fourth-order valence-corrected chi connectivity index (χ4v) is 2.79. The van der Waals surface area contributed by atoms with Crippen LogP contribution in [0.4, 0.5) is 0 Å². The van der Waals surface area contributed by atoms with Gasteiger partial charge in [-0.2, -0.15) is 0 Å². The van der Waals surface area contributed by atoms with Crippen LogP contribution in [0.15, 0.2) is 66.9 Å². The van der Waals surface area contributed by atoms with Crippen molar-refractivity contribution in [1.29, 1.82) is 0 Å². The summed E-state index contributed by atoms with van der Waals surface area (Å²) in [5.74, 6) is 0.973. The Balaban J connectivity index is 1.96. The van der Waals surface area contributed by atoms with Crippen LogP contribution in [-0.2, 0) is 0 Å². The molecule has 2 aromatic rings. The first-order valence-electron chi connectivity index (χ1n) is 7.12. The van der Waals surface area contributed by atoms with Crippen LogP contribution in [0.1, 0.15) is 24.0 Å². The summed E-state index contributed by atoms with van der Waals surface area (Å²) in [6, 6.07) is 12.5. The van der Waals surface area contributed by atoms with Gasteiger partial charge in [-0.1, -0.05) is 61.6 Å². The molecule has 1 aliphatic carbocycles. The summed E-state index contributed by atoms with van der Waals surface area (Å²) in [5, 5.41) is 0. The van der Waals surface area contributed by atoms with E-state index in [1.165, 1.54) is 16.7 Å². The molecule has 1 aromatic carbocycles. The Hall–Kier alpha value is -2.15. The smallest absolute Gasteiger partial charge is 0.0704 e. The molecule has 20 heavy (non-hydrogen) atoms. The zero-order valence-electron chi connectivity index (χ0n) is 12.0. The lowest BCUT2D eigenvalue weighted by atomic mass is 9.83. The van der Waals surface area contributed by atoms with E-state index in [-0.39, 0.29) is 0 Å². The molecule has 0 saturated heterocycles. The average Bonchev–Trinajstić information content (AvgIpc) is 2.49. The minimum atomic E-state index is 0.442. The number of aromatic nitrogens is 1. The van der Waals surface area contributed by atoms with Crippen LogP contribution in [0, 0.1) is 12.8 Å². The zero-order valence-corrected chi connectivity index (χ0v) is 12.0. The molecule has 100 valence electrons. The van der Waals surface area contributed by atoms with Crippen LogP contribution in [0.5, 0.6) is 0 Å². The topological polar surface area (TPSA) is 12.9 Å². The highest BCUT2D eigenvalue weighted by molar-refractivity contribution is 5.60. The van der Waals surface area contributed by atoms with Gasteiger partial charge < -0.3 is 0 Å². The van der Waals surface area contributed by atoms with Gasteiger partial charge in [0.1, 0.15) is 0 Å². The van der Waals surface area contributed by atoms with Crippen molar-refractivity contribution in [2.75, 3.05) is 0 Å². The van der Waals surface area contributed by atoms with Crippen LogP contribution in [0.25, 0.3) is 11.3 Å². The number of allylic oxidation sites excluding steroid dienone is 4. The van der Waals surface area contributed by atoms with E-state index in [4.69, 9.17) is 0 Å². The Bertz CT molecular complexity index is 653. The van der Waals surface area contributed by atoms with Gasteiger partial charge in [0, 0.05) is 17.7 Å². The van der Waals surface area contributed by atoms with Crippen molar-refractivity contribution in [3.63, 3.8) is 0 Å². The molecule has 0 N–H and O–H groups in total. The minimum absolute atomic E-state index is 0.442. The molecule has 2 unspecified atom stereocenters. The van der Waals surface area contributed by atoms with Crippen LogP contribution in [0.2, 0.25) is 0 Å². The van der Waals surface area contributed by atoms with Crippen molar-refractivity contribution < 1.29 is 0 Å². The minimum Gasteiger partial charge on any atom is -0.256 e. The van der Waals surface area contributed by atoms with Gasteiger partial charge in [0.05, 0.1) is 5.69 Å². The lowest BCUT2D eigenvalue weighted by molar-refractivity contribution is 0.630. The van der Waals surface area contributed by atoms with Crippen LogP contribution in [0.3, 0.4) is 0 Å². The molecule has 1 aromatic heterocycles. The second kappa shape index (κ2) is 5.46. The molecule has 0 saturated carbocycles. The van der Waals surface area contributed by atoms with E-state index in [1.54, 1.807) is 0 Å². The fourth-order valence-electron chi connectivity index (χ4n) is 2.79. The largest absolute Gasteiger partial charge is 0.256 e. The first-order chi connectivity index (χ1) is 9.75. The third-order valence-corrected chi connectivity index (χ3v) is 3.99. The molecule has 1 heterocycles. The van der Waals surface area contributed by atoms with Crippen molar-refractivity contribution in [1.82, 2.24) is 4.98 Å². The highest BCUT2D eigenvalue weighted by atomic mass is 14.7. The molecule has 2 atom stereocenters. The van der Waals surface area contributed by atoms with Crippen molar-refractivity contribution in [3.05, 3.63) is 78.0 Å². The Morgan fingerprint density at radius 1 is 1.00 bits per heavy atom. The Kier molecular flexibility index (Phi) is 3.51. The number of pyridine rings is 1. The molecule has 0 fully saturated rings. The molecule has 0 amide bonds. The zero-order chi connectivity index (χ0) is 13.9. The van der Waals surface area contributed by atoms with E-state index in [2.05, 4.69) is 73.5 Å². The maximum Gasteiger partial charge on any atom is 0.0704 e. The van der Waals surface area contributed by atoms with Gasteiger partial charge in [0.15, 0.2) is 0 Å². The highest BCUT2D eigenvalue weighted by Gasteiger charge is 2.18. The molecule has 0 radical (unpaired) electrons. The number of rotatable bonds is 2. The summed E-state index contributed by atoms with van der Waals surface area (Å²) in [6.07, 6.45) is 10.8. The first-order valence-corrected chi connectivity index (χ1v) is 7.12. The molecule has 1 nitrogen and oxygen atoms in total. The summed E-state index contributed by atoms with van der Waals surface area (Å²) >= 11 is 0. The third-order valence-electron chi connectivity index (χ3n) is 3.99. The monoisotopic (exact) mass is 261 g/mol. The van der Waals surface area contributed by atoms with Crippen molar-refractivity contribution >= 4 is 0 Å². The van der Waals surface area contributed by atoms with Gasteiger partial charge in [-0.3, -0.25) is 4.98 Å². The maximum absolute atomic E-state index is 4.66. The first kappa shape index (κ1) is 12.9. The predicted octanol–water partition coefficient (Wildman–Crippen LogP) is 4.90.